The van der Waals surface area contributed by atoms with Crippen LogP contribution < -0.4 is 10.9 Å². The molecule has 2 amide bonds. The molecule has 2 N–H and O–H groups in total. The summed E-state index contributed by atoms with van der Waals surface area (Å²) in [4.78, 5) is 24.0. The quantitative estimate of drug-likeness (QED) is 0.776. The minimum absolute atomic E-state index is 0.173. The molecule has 1 fully saturated rings. The predicted molar refractivity (Wildman–Crippen MR) is 105 cm³/mol. The normalized spacial score (nSPS) is 14.3. The van der Waals surface area contributed by atoms with Crippen molar-refractivity contribution in [3.05, 3.63) is 70.2 Å². The standard InChI is InChI=1S/C18H17ClN2O2S2/c19-15-7-1-12(2-8-15)11-16(22)20-21-17(23)13-3-5-14(6-4-13)18-24-9-10-25-18/h1-8,18H,9-11H2,(H,20,22)(H,21,23). The highest BCUT2D eigenvalue weighted by molar-refractivity contribution is 8.19. The van der Waals surface area contributed by atoms with Gasteiger partial charge >= 0.3 is 0 Å². The molecule has 0 radical (unpaired) electrons. The van der Waals surface area contributed by atoms with E-state index in [1.807, 2.05) is 35.7 Å². The van der Waals surface area contributed by atoms with E-state index < -0.39 is 0 Å². The van der Waals surface area contributed by atoms with Gasteiger partial charge in [-0.3, -0.25) is 20.4 Å². The highest BCUT2D eigenvalue weighted by Gasteiger charge is 2.18. The Morgan fingerprint density at radius 3 is 2.24 bits per heavy atom. The number of hydrazine groups is 1. The summed E-state index contributed by atoms with van der Waals surface area (Å²) in [5.74, 6) is 1.71. The van der Waals surface area contributed by atoms with Gasteiger partial charge in [-0.2, -0.15) is 0 Å². The highest BCUT2D eigenvalue weighted by atomic mass is 35.5. The van der Waals surface area contributed by atoms with Gasteiger partial charge in [0.05, 0.1) is 11.0 Å². The molecule has 0 atom stereocenters. The molecule has 0 aliphatic carbocycles. The summed E-state index contributed by atoms with van der Waals surface area (Å²) in [7, 11) is 0. The highest BCUT2D eigenvalue weighted by Crippen LogP contribution is 2.45. The van der Waals surface area contributed by atoms with Gasteiger partial charge in [0.2, 0.25) is 5.91 Å². The molecule has 2 aromatic carbocycles. The van der Waals surface area contributed by atoms with Crippen LogP contribution in [0.25, 0.3) is 0 Å². The molecule has 0 saturated carbocycles. The average Bonchev–Trinajstić information content (AvgIpc) is 3.16. The number of amides is 2. The van der Waals surface area contributed by atoms with Crippen LogP contribution >= 0.6 is 35.1 Å². The zero-order valence-corrected chi connectivity index (χ0v) is 15.7. The number of halogens is 1. The van der Waals surface area contributed by atoms with Crippen LogP contribution in [0.1, 0.15) is 26.1 Å². The van der Waals surface area contributed by atoms with Crippen LogP contribution in [0.3, 0.4) is 0 Å². The van der Waals surface area contributed by atoms with E-state index >= 15 is 0 Å². The average molecular weight is 393 g/mol. The Kier molecular flexibility index (Phi) is 6.29. The summed E-state index contributed by atoms with van der Waals surface area (Å²) in [6, 6.07) is 14.5. The van der Waals surface area contributed by atoms with E-state index in [-0.39, 0.29) is 18.2 Å². The summed E-state index contributed by atoms with van der Waals surface area (Å²) >= 11 is 9.66. The molecule has 2 aromatic rings. The van der Waals surface area contributed by atoms with Crippen LogP contribution in [-0.4, -0.2) is 23.3 Å². The van der Waals surface area contributed by atoms with Crippen LogP contribution in [0.4, 0.5) is 0 Å². The van der Waals surface area contributed by atoms with Gasteiger partial charge in [0.1, 0.15) is 0 Å². The second-order valence-corrected chi connectivity index (χ2v) is 8.66. The fraction of sp³-hybridized carbons (Fsp3) is 0.222. The van der Waals surface area contributed by atoms with Gasteiger partial charge in [-0.05, 0) is 35.4 Å². The largest absolute Gasteiger partial charge is 0.273 e. The summed E-state index contributed by atoms with van der Waals surface area (Å²) in [6.07, 6.45) is 0.173. The second kappa shape index (κ2) is 8.65. The molecule has 1 heterocycles. The van der Waals surface area contributed by atoms with Crippen LogP contribution in [-0.2, 0) is 11.2 Å². The number of benzene rings is 2. The molecule has 0 bridgehead atoms. The smallest absolute Gasteiger partial charge is 0.269 e. The first-order valence-electron chi connectivity index (χ1n) is 7.78. The van der Waals surface area contributed by atoms with Gasteiger partial charge in [0.15, 0.2) is 0 Å². The van der Waals surface area contributed by atoms with Gasteiger partial charge in [0, 0.05) is 22.1 Å². The fourth-order valence-corrected chi connectivity index (χ4v) is 5.36. The first kappa shape index (κ1) is 18.2. The minimum Gasteiger partial charge on any atom is -0.273 e. The van der Waals surface area contributed by atoms with Crippen molar-refractivity contribution in [3.8, 4) is 0 Å². The first-order chi connectivity index (χ1) is 12.1. The Morgan fingerprint density at radius 1 is 0.960 bits per heavy atom. The van der Waals surface area contributed by atoms with E-state index in [0.717, 1.165) is 17.1 Å². The van der Waals surface area contributed by atoms with Crippen molar-refractivity contribution in [2.24, 2.45) is 0 Å². The summed E-state index contributed by atoms with van der Waals surface area (Å²) < 4.78 is 0.455. The third-order valence-corrected chi connectivity index (χ3v) is 7.02. The third-order valence-electron chi connectivity index (χ3n) is 3.66. The predicted octanol–water partition coefficient (Wildman–Crippen LogP) is 3.82. The molecular formula is C18H17ClN2O2S2. The molecule has 130 valence electrons. The van der Waals surface area contributed by atoms with Crippen LogP contribution in [0.15, 0.2) is 48.5 Å². The molecular weight excluding hydrogens is 376 g/mol. The molecule has 1 saturated heterocycles. The van der Waals surface area contributed by atoms with Crippen LogP contribution in [0, 0.1) is 0 Å². The summed E-state index contributed by atoms with van der Waals surface area (Å²) in [6.45, 7) is 0. The monoisotopic (exact) mass is 392 g/mol. The Balaban J connectivity index is 1.49. The van der Waals surface area contributed by atoms with Crippen molar-refractivity contribution in [2.75, 3.05) is 11.5 Å². The van der Waals surface area contributed by atoms with Gasteiger partial charge < -0.3 is 0 Å². The number of carbonyl (C=O) groups excluding carboxylic acids is 2. The first-order valence-corrected chi connectivity index (χ1v) is 10.3. The zero-order valence-electron chi connectivity index (χ0n) is 13.3. The van der Waals surface area contributed by atoms with E-state index in [9.17, 15) is 9.59 Å². The molecule has 1 aliphatic heterocycles. The zero-order chi connectivity index (χ0) is 17.6. The molecule has 4 nitrogen and oxygen atoms in total. The van der Waals surface area contributed by atoms with Gasteiger partial charge in [0.25, 0.3) is 5.91 Å². The van der Waals surface area contributed by atoms with Crippen molar-refractivity contribution < 1.29 is 9.59 Å². The van der Waals surface area contributed by atoms with E-state index in [1.165, 1.54) is 5.56 Å². The molecule has 0 spiro atoms. The lowest BCUT2D eigenvalue weighted by Crippen LogP contribution is -2.42. The van der Waals surface area contributed by atoms with E-state index in [0.29, 0.717) is 15.2 Å². The van der Waals surface area contributed by atoms with Gasteiger partial charge in [-0.1, -0.05) is 35.9 Å². The molecule has 25 heavy (non-hydrogen) atoms. The van der Waals surface area contributed by atoms with Crippen molar-refractivity contribution in [1.29, 1.82) is 0 Å². The summed E-state index contributed by atoms with van der Waals surface area (Å²) in [5, 5.41) is 0.621. The Bertz CT molecular complexity index is 745. The fourth-order valence-electron chi connectivity index (χ4n) is 2.37. The Morgan fingerprint density at radius 2 is 1.60 bits per heavy atom. The molecule has 7 heteroatoms. The number of rotatable bonds is 4. The number of carbonyl (C=O) groups is 2. The maximum atomic E-state index is 12.1. The number of hydrogen-bond donors (Lipinski definition) is 2. The van der Waals surface area contributed by atoms with Crippen molar-refractivity contribution in [1.82, 2.24) is 10.9 Å². The van der Waals surface area contributed by atoms with Crippen molar-refractivity contribution in [3.63, 3.8) is 0 Å². The third kappa shape index (κ3) is 5.17. The summed E-state index contributed by atoms with van der Waals surface area (Å²) in [5.41, 5.74) is 7.44. The van der Waals surface area contributed by atoms with Crippen molar-refractivity contribution in [2.45, 2.75) is 11.0 Å². The Labute approximate surface area is 160 Å². The second-order valence-electron chi connectivity index (χ2n) is 5.50. The number of nitrogens with one attached hydrogen (secondary N) is 2. The molecule has 3 rings (SSSR count). The minimum atomic E-state index is -0.331. The van der Waals surface area contributed by atoms with Crippen LogP contribution in [0.5, 0.6) is 0 Å². The van der Waals surface area contributed by atoms with E-state index in [4.69, 9.17) is 11.6 Å². The molecule has 0 unspecified atom stereocenters. The van der Waals surface area contributed by atoms with E-state index in [2.05, 4.69) is 10.9 Å². The van der Waals surface area contributed by atoms with E-state index in [1.54, 1.807) is 36.4 Å². The topological polar surface area (TPSA) is 58.2 Å². The van der Waals surface area contributed by atoms with Crippen LogP contribution in [0.2, 0.25) is 5.02 Å². The lowest BCUT2D eigenvalue weighted by atomic mass is 10.1. The maximum absolute atomic E-state index is 12.1. The van der Waals surface area contributed by atoms with Gasteiger partial charge in [-0.25, -0.2) is 0 Å². The lowest BCUT2D eigenvalue weighted by Gasteiger charge is -2.10. The van der Waals surface area contributed by atoms with Crippen molar-refractivity contribution >= 4 is 46.9 Å². The molecule has 0 aromatic heterocycles. The molecule has 1 aliphatic rings. The SMILES string of the molecule is O=C(Cc1ccc(Cl)cc1)NNC(=O)c1ccc(C2SCCS2)cc1. The number of thioether (sulfide) groups is 2. The number of hydrogen-bond acceptors (Lipinski definition) is 4. The maximum Gasteiger partial charge on any atom is 0.269 e. The van der Waals surface area contributed by atoms with Gasteiger partial charge in [-0.15, -0.1) is 23.5 Å². The Hall–Kier alpha value is -1.63. The lowest BCUT2D eigenvalue weighted by molar-refractivity contribution is -0.121.